The van der Waals surface area contributed by atoms with Crippen LogP contribution in [0.4, 0.5) is 0 Å². The van der Waals surface area contributed by atoms with E-state index in [-0.39, 0.29) is 6.10 Å². The summed E-state index contributed by atoms with van der Waals surface area (Å²) in [5.41, 5.74) is 0. The van der Waals surface area contributed by atoms with Crippen molar-refractivity contribution in [2.45, 2.75) is 20.0 Å². The lowest BCUT2D eigenvalue weighted by Gasteiger charge is -2.03. The number of allylic oxidation sites excluding steroid dienone is 1. The molecule has 0 fully saturated rings. The van der Waals surface area contributed by atoms with Crippen LogP contribution in [0.5, 0.6) is 0 Å². The van der Waals surface area contributed by atoms with E-state index in [1.165, 1.54) is 0 Å². The number of hydrogen-bond donors (Lipinski definition) is 0. The van der Waals surface area contributed by atoms with Gasteiger partial charge in [-0.2, -0.15) is 5.26 Å². The van der Waals surface area contributed by atoms with Gasteiger partial charge in [0.1, 0.15) is 6.07 Å². The Balaban J connectivity index is 3.43. The predicted molar refractivity (Wildman–Crippen MR) is 31.0 cm³/mol. The topological polar surface area (TPSA) is 33.0 Å². The van der Waals surface area contributed by atoms with Crippen molar-refractivity contribution in [3.8, 4) is 6.07 Å². The van der Waals surface area contributed by atoms with Gasteiger partial charge in [0.15, 0.2) is 6.10 Å². The molecule has 0 aliphatic rings. The number of hydrogen-bond acceptors (Lipinski definition) is 2. The first kappa shape index (κ1) is 7.03. The Labute approximate surface area is 49.4 Å². The van der Waals surface area contributed by atoms with E-state index < -0.39 is 0 Å². The summed E-state index contributed by atoms with van der Waals surface area (Å²) in [5.74, 6) is 0.582. The first-order chi connectivity index (χ1) is 3.66. The minimum atomic E-state index is -0.368. The van der Waals surface area contributed by atoms with Gasteiger partial charge >= 0.3 is 0 Å². The van der Waals surface area contributed by atoms with Gasteiger partial charge in [0, 0.05) is 0 Å². The molecule has 8 heavy (non-hydrogen) atoms. The van der Waals surface area contributed by atoms with Crippen molar-refractivity contribution in [3.05, 3.63) is 12.3 Å². The smallest absolute Gasteiger partial charge is 0.181 e. The highest BCUT2D eigenvalue weighted by Gasteiger charge is 1.95. The van der Waals surface area contributed by atoms with Gasteiger partial charge in [-0.05, 0) is 13.8 Å². The van der Waals surface area contributed by atoms with Gasteiger partial charge in [-0.25, -0.2) is 0 Å². The molecule has 2 nitrogen and oxygen atoms in total. The monoisotopic (exact) mass is 111 g/mol. The van der Waals surface area contributed by atoms with Crippen LogP contribution in [0, 0.1) is 11.3 Å². The lowest BCUT2D eigenvalue weighted by Crippen LogP contribution is -2.01. The second-order valence-corrected chi connectivity index (χ2v) is 1.59. The molecule has 1 atom stereocenters. The molecule has 0 spiro atoms. The molecule has 0 aromatic heterocycles. The summed E-state index contributed by atoms with van der Waals surface area (Å²) in [7, 11) is 0. The van der Waals surface area contributed by atoms with Gasteiger partial charge < -0.3 is 4.74 Å². The first-order valence-electron chi connectivity index (χ1n) is 2.38. The number of ether oxygens (including phenoxy) is 1. The third kappa shape index (κ3) is 3.23. The van der Waals surface area contributed by atoms with Crippen LogP contribution >= 0.6 is 0 Å². The minimum Gasteiger partial charge on any atom is -0.481 e. The zero-order chi connectivity index (χ0) is 6.57. The van der Waals surface area contributed by atoms with Crippen molar-refractivity contribution in [3.63, 3.8) is 0 Å². The summed E-state index contributed by atoms with van der Waals surface area (Å²) >= 11 is 0. The molecular weight excluding hydrogens is 102 g/mol. The molecule has 0 rings (SSSR count). The highest BCUT2D eigenvalue weighted by molar-refractivity contribution is 4.85. The maximum atomic E-state index is 8.17. The van der Waals surface area contributed by atoms with Gasteiger partial charge in [-0.3, -0.25) is 0 Å². The second-order valence-electron chi connectivity index (χ2n) is 1.59. The molecular formula is C6H9NO. The molecule has 0 aliphatic carbocycles. The average Bonchev–Trinajstić information content (AvgIpc) is 1.65. The molecule has 0 aliphatic heterocycles. The average molecular weight is 111 g/mol. The third-order valence-electron chi connectivity index (χ3n) is 0.560. The van der Waals surface area contributed by atoms with E-state index in [0.717, 1.165) is 0 Å². The lowest BCUT2D eigenvalue weighted by molar-refractivity contribution is 0.179. The standard InChI is InChI=1S/C6H9NO/c1-5(2)8-6(3)4-7/h6H,1H2,2-3H3. The van der Waals surface area contributed by atoms with Crippen molar-refractivity contribution in [2.75, 3.05) is 0 Å². The Morgan fingerprint density at radius 2 is 2.38 bits per heavy atom. The SMILES string of the molecule is C=C(C)OC(C)C#N. The summed E-state index contributed by atoms with van der Waals surface area (Å²) in [6, 6.07) is 1.91. The molecule has 1 unspecified atom stereocenters. The molecule has 0 heterocycles. The van der Waals surface area contributed by atoms with E-state index in [9.17, 15) is 0 Å². The van der Waals surface area contributed by atoms with Crippen LogP contribution in [0.3, 0.4) is 0 Å². The van der Waals surface area contributed by atoms with Crippen molar-refractivity contribution >= 4 is 0 Å². The van der Waals surface area contributed by atoms with Crippen LogP contribution in [0.15, 0.2) is 12.3 Å². The van der Waals surface area contributed by atoms with E-state index in [1.807, 2.05) is 6.07 Å². The molecule has 0 saturated heterocycles. The third-order valence-corrected chi connectivity index (χ3v) is 0.560. The van der Waals surface area contributed by atoms with Crippen LogP contribution < -0.4 is 0 Å². The van der Waals surface area contributed by atoms with E-state index in [1.54, 1.807) is 13.8 Å². The molecule has 0 saturated carbocycles. The summed E-state index contributed by atoms with van der Waals surface area (Å²) < 4.78 is 4.84. The molecule has 0 radical (unpaired) electrons. The van der Waals surface area contributed by atoms with Crippen molar-refractivity contribution in [2.24, 2.45) is 0 Å². The highest BCUT2D eigenvalue weighted by Crippen LogP contribution is 1.95. The van der Waals surface area contributed by atoms with Crippen LogP contribution in [0.1, 0.15) is 13.8 Å². The van der Waals surface area contributed by atoms with E-state index in [2.05, 4.69) is 6.58 Å². The Kier molecular flexibility index (Phi) is 2.71. The highest BCUT2D eigenvalue weighted by atomic mass is 16.5. The van der Waals surface area contributed by atoms with Crippen LogP contribution in [0.2, 0.25) is 0 Å². The molecule has 0 aromatic carbocycles. The molecule has 0 bridgehead atoms. The zero-order valence-electron chi connectivity index (χ0n) is 5.14. The fraction of sp³-hybridized carbons (Fsp3) is 0.500. The van der Waals surface area contributed by atoms with Crippen molar-refractivity contribution in [1.29, 1.82) is 5.26 Å². The van der Waals surface area contributed by atoms with E-state index in [0.29, 0.717) is 5.76 Å². The van der Waals surface area contributed by atoms with Crippen molar-refractivity contribution < 1.29 is 4.74 Å². The van der Waals surface area contributed by atoms with Crippen molar-refractivity contribution in [1.82, 2.24) is 0 Å². The quantitative estimate of drug-likeness (QED) is 0.505. The lowest BCUT2D eigenvalue weighted by atomic mass is 10.4. The predicted octanol–water partition coefficient (Wildman–Crippen LogP) is 1.45. The summed E-state index contributed by atoms with van der Waals surface area (Å²) in [6.07, 6.45) is -0.368. The van der Waals surface area contributed by atoms with Gasteiger partial charge in [0.2, 0.25) is 0 Å². The second kappa shape index (κ2) is 3.09. The Hall–Kier alpha value is -0.970. The molecule has 0 amide bonds. The van der Waals surface area contributed by atoms with Gasteiger partial charge in [0.05, 0.1) is 5.76 Å². The van der Waals surface area contributed by atoms with Crippen LogP contribution in [-0.4, -0.2) is 6.10 Å². The van der Waals surface area contributed by atoms with E-state index in [4.69, 9.17) is 10.00 Å². The normalized spacial score (nSPS) is 11.6. The van der Waals surface area contributed by atoms with Crippen LogP contribution in [-0.2, 0) is 4.74 Å². The molecule has 0 aromatic rings. The minimum absolute atomic E-state index is 0.368. The van der Waals surface area contributed by atoms with Crippen LogP contribution in [0.25, 0.3) is 0 Å². The maximum Gasteiger partial charge on any atom is 0.181 e. The maximum absolute atomic E-state index is 8.17. The summed E-state index contributed by atoms with van der Waals surface area (Å²) in [6.45, 7) is 6.86. The number of nitrogens with zero attached hydrogens (tertiary/aromatic N) is 1. The molecule has 0 N–H and O–H groups in total. The Bertz CT molecular complexity index is 123. The Morgan fingerprint density at radius 3 is 2.50 bits per heavy atom. The van der Waals surface area contributed by atoms with Gasteiger partial charge in [-0.15, -0.1) is 0 Å². The number of rotatable bonds is 2. The van der Waals surface area contributed by atoms with Gasteiger partial charge in [-0.1, -0.05) is 6.58 Å². The molecule has 44 valence electrons. The zero-order valence-corrected chi connectivity index (χ0v) is 5.14. The number of nitriles is 1. The first-order valence-corrected chi connectivity index (χ1v) is 2.38. The fourth-order valence-electron chi connectivity index (χ4n) is 0.328. The summed E-state index contributed by atoms with van der Waals surface area (Å²) in [4.78, 5) is 0. The van der Waals surface area contributed by atoms with E-state index >= 15 is 0 Å². The molecule has 2 heteroatoms. The summed E-state index contributed by atoms with van der Waals surface area (Å²) in [5, 5.41) is 8.17. The largest absolute Gasteiger partial charge is 0.481 e. The fourth-order valence-corrected chi connectivity index (χ4v) is 0.328. The Morgan fingerprint density at radius 1 is 1.88 bits per heavy atom. The van der Waals surface area contributed by atoms with Gasteiger partial charge in [0.25, 0.3) is 0 Å².